The number of carbonyl (C=O) groups is 1. The quantitative estimate of drug-likeness (QED) is 0.750. The lowest BCUT2D eigenvalue weighted by molar-refractivity contribution is -0.127. The lowest BCUT2D eigenvalue weighted by Gasteiger charge is -2.26. The van der Waals surface area contributed by atoms with Crippen LogP contribution < -0.4 is 5.32 Å². The zero-order chi connectivity index (χ0) is 14.3. The van der Waals surface area contributed by atoms with E-state index in [0.29, 0.717) is 24.6 Å². The first-order valence-corrected chi connectivity index (χ1v) is 6.77. The zero-order valence-corrected chi connectivity index (χ0v) is 11.9. The van der Waals surface area contributed by atoms with E-state index in [1.54, 1.807) is 6.92 Å². The molecule has 6 heteroatoms. The largest absolute Gasteiger partial charge is 0.389 e. The summed E-state index contributed by atoms with van der Waals surface area (Å²) >= 11 is 0. The summed E-state index contributed by atoms with van der Waals surface area (Å²) in [6.45, 7) is 5.92. The summed E-state index contributed by atoms with van der Waals surface area (Å²) < 4.78 is 4.81. The monoisotopic (exact) mass is 269 g/mol. The van der Waals surface area contributed by atoms with Crippen molar-refractivity contribution >= 4 is 5.91 Å². The van der Waals surface area contributed by atoms with Gasteiger partial charge < -0.3 is 14.9 Å². The number of aromatic nitrogens is 2. The van der Waals surface area contributed by atoms with Crippen molar-refractivity contribution in [1.29, 1.82) is 0 Å². The third-order valence-electron chi connectivity index (χ3n) is 2.93. The number of carbonyl (C=O) groups excluding carboxylic acids is 1. The van der Waals surface area contributed by atoms with Crippen LogP contribution in [0, 0.1) is 6.92 Å². The molecular weight excluding hydrogens is 246 g/mol. The molecule has 0 saturated heterocycles. The van der Waals surface area contributed by atoms with Gasteiger partial charge in [-0.1, -0.05) is 31.8 Å². The first kappa shape index (κ1) is 15.6. The predicted molar refractivity (Wildman–Crippen MR) is 70.3 cm³/mol. The number of aliphatic hydroxyl groups is 1. The molecule has 2 N–H and O–H groups in total. The Balaban J connectivity index is 2.44. The minimum atomic E-state index is -0.902. The first-order valence-electron chi connectivity index (χ1n) is 6.77. The summed E-state index contributed by atoms with van der Waals surface area (Å²) in [5.41, 5.74) is -0.902. The highest BCUT2D eigenvalue weighted by Gasteiger charge is 2.28. The molecule has 0 aliphatic carbocycles. The lowest BCUT2D eigenvalue weighted by Crippen LogP contribution is -2.36. The Bertz CT molecular complexity index is 398. The van der Waals surface area contributed by atoms with Crippen LogP contribution in [0.1, 0.15) is 57.7 Å². The maximum atomic E-state index is 11.8. The summed E-state index contributed by atoms with van der Waals surface area (Å²) in [7, 11) is 0. The van der Waals surface area contributed by atoms with Crippen LogP contribution in [0.15, 0.2) is 4.52 Å². The van der Waals surface area contributed by atoms with Gasteiger partial charge in [0.25, 0.3) is 0 Å². The van der Waals surface area contributed by atoms with Gasteiger partial charge in [0, 0.05) is 6.92 Å². The molecule has 0 fully saturated rings. The Morgan fingerprint density at radius 2 is 2.00 bits per heavy atom. The molecule has 0 aliphatic heterocycles. The normalized spacial score (nSPS) is 11.6. The average Bonchev–Trinajstić information content (AvgIpc) is 2.73. The maximum absolute atomic E-state index is 11.8. The van der Waals surface area contributed by atoms with Crippen molar-refractivity contribution in [2.75, 3.05) is 0 Å². The van der Waals surface area contributed by atoms with E-state index in [0.717, 1.165) is 12.8 Å². The molecular formula is C13H23N3O3. The van der Waals surface area contributed by atoms with Crippen molar-refractivity contribution in [3.05, 3.63) is 11.7 Å². The van der Waals surface area contributed by atoms with Gasteiger partial charge >= 0.3 is 0 Å². The SMILES string of the molecule is CCCC(O)(CCC)CC(=O)NCc1noc(C)n1. The molecule has 19 heavy (non-hydrogen) atoms. The molecule has 0 aliphatic rings. The predicted octanol–water partition coefficient (Wildman–Crippen LogP) is 1.72. The Labute approximate surface area is 113 Å². The Hall–Kier alpha value is -1.43. The van der Waals surface area contributed by atoms with Crippen molar-refractivity contribution in [3.63, 3.8) is 0 Å². The van der Waals surface area contributed by atoms with E-state index in [9.17, 15) is 9.90 Å². The topological polar surface area (TPSA) is 88.2 Å². The van der Waals surface area contributed by atoms with Crippen LogP contribution in [-0.2, 0) is 11.3 Å². The highest BCUT2D eigenvalue weighted by atomic mass is 16.5. The molecule has 0 bridgehead atoms. The van der Waals surface area contributed by atoms with Crippen molar-refractivity contribution in [2.45, 2.75) is 65.0 Å². The molecule has 0 atom stereocenters. The number of aryl methyl sites for hydroxylation is 1. The number of rotatable bonds is 8. The third kappa shape index (κ3) is 5.38. The fourth-order valence-electron chi connectivity index (χ4n) is 2.18. The molecule has 0 radical (unpaired) electrons. The summed E-state index contributed by atoms with van der Waals surface area (Å²) in [5, 5.41) is 16.8. The fraction of sp³-hybridized carbons (Fsp3) is 0.769. The minimum Gasteiger partial charge on any atom is -0.389 e. The summed E-state index contributed by atoms with van der Waals surface area (Å²) in [6, 6.07) is 0. The van der Waals surface area contributed by atoms with Crippen LogP contribution in [0.5, 0.6) is 0 Å². The van der Waals surface area contributed by atoms with Crippen LogP contribution in [0.3, 0.4) is 0 Å². The van der Waals surface area contributed by atoms with Gasteiger partial charge in [-0.2, -0.15) is 4.98 Å². The second kappa shape index (κ2) is 7.23. The van der Waals surface area contributed by atoms with Crippen LogP contribution in [0.2, 0.25) is 0 Å². The van der Waals surface area contributed by atoms with Crippen LogP contribution >= 0.6 is 0 Å². The maximum Gasteiger partial charge on any atom is 0.223 e. The molecule has 0 unspecified atom stereocenters. The van der Waals surface area contributed by atoms with Gasteiger partial charge in [-0.25, -0.2) is 0 Å². The van der Waals surface area contributed by atoms with E-state index in [1.807, 2.05) is 13.8 Å². The van der Waals surface area contributed by atoms with Crippen molar-refractivity contribution in [3.8, 4) is 0 Å². The number of nitrogens with one attached hydrogen (secondary N) is 1. The molecule has 0 aromatic carbocycles. The fourth-order valence-corrected chi connectivity index (χ4v) is 2.18. The first-order chi connectivity index (χ1) is 8.99. The molecule has 0 saturated carbocycles. The van der Waals surface area contributed by atoms with Gasteiger partial charge in [-0.3, -0.25) is 4.79 Å². The van der Waals surface area contributed by atoms with Crippen molar-refractivity contribution in [2.24, 2.45) is 0 Å². The Morgan fingerprint density at radius 1 is 1.37 bits per heavy atom. The van der Waals surface area contributed by atoms with Crippen LogP contribution in [-0.4, -0.2) is 26.8 Å². The smallest absolute Gasteiger partial charge is 0.223 e. The van der Waals surface area contributed by atoms with E-state index in [4.69, 9.17) is 4.52 Å². The van der Waals surface area contributed by atoms with E-state index in [1.165, 1.54) is 0 Å². The minimum absolute atomic E-state index is 0.117. The standard InChI is InChI=1S/C13H23N3O3/c1-4-6-13(18,7-5-2)8-12(17)14-9-11-15-10(3)19-16-11/h18H,4-9H2,1-3H3,(H,14,17). The van der Waals surface area contributed by atoms with E-state index in [2.05, 4.69) is 15.5 Å². The van der Waals surface area contributed by atoms with Crippen LogP contribution in [0.25, 0.3) is 0 Å². The van der Waals surface area contributed by atoms with Crippen LogP contribution in [0.4, 0.5) is 0 Å². The highest BCUT2D eigenvalue weighted by molar-refractivity contribution is 5.76. The highest BCUT2D eigenvalue weighted by Crippen LogP contribution is 2.23. The number of hydrogen-bond donors (Lipinski definition) is 2. The molecule has 0 spiro atoms. The number of hydrogen-bond acceptors (Lipinski definition) is 5. The molecule has 108 valence electrons. The Morgan fingerprint density at radius 3 is 2.47 bits per heavy atom. The number of nitrogens with zero attached hydrogens (tertiary/aromatic N) is 2. The summed E-state index contributed by atoms with van der Waals surface area (Å²) in [4.78, 5) is 15.8. The molecule has 1 amide bonds. The summed E-state index contributed by atoms with van der Waals surface area (Å²) in [6.07, 6.45) is 3.10. The van der Waals surface area contributed by atoms with Crippen molar-refractivity contribution < 1.29 is 14.4 Å². The van der Waals surface area contributed by atoms with Gasteiger partial charge in [0.05, 0.1) is 18.6 Å². The van der Waals surface area contributed by atoms with E-state index < -0.39 is 5.60 Å². The lowest BCUT2D eigenvalue weighted by atomic mass is 9.89. The molecule has 1 heterocycles. The molecule has 1 rings (SSSR count). The molecule has 1 aromatic rings. The van der Waals surface area contributed by atoms with E-state index in [-0.39, 0.29) is 18.9 Å². The van der Waals surface area contributed by atoms with Gasteiger partial charge in [-0.05, 0) is 12.8 Å². The zero-order valence-electron chi connectivity index (χ0n) is 11.9. The second-order valence-electron chi connectivity index (χ2n) is 4.91. The van der Waals surface area contributed by atoms with Gasteiger partial charge in [0.15, 0.2) is 5.82 Å². The Kier molecular flexibility index (Phi) is 5.95. The molecule has 1 aromatic heterocycles. The van der Waals surface area contributed by atoms with Gasteiger partial charge in [0.2, 0.25) is 11.8 Å². The van der Waals surface area contributed by atoms with Gasteiger partial charge in [0.1, 0.15) is 0 Å². The average molecular weight is 269 g/mol. The third-order valence-corrected chi connectivity index (χ3v) is 2.93. The number of amides is 1. The second-order valence-corrected chi connectivity index (χ2v) is 4.91. The molecule has 6 nitrogen and oxygen atoms in total. The van der Waals surface area contributed by atoms with Crippen molar-refractivity contribution in [1.82, 2.24) is 15.5 Å². The van der Waals surface area contributed by atoms with E-state index >= 15 is 0 Å². The van der Waals surface area contributed by atoms with Gasteiger partial charge in [-0.15, -0.1) is 0 Å². The summed E-state index contributed by atoms with van der Waals surface area (Å²) in [5.74, 6) is 0.727.